The highest BCUT2D eigenvalue weighted by Crippen LogP contribution is 2.41. The average Bonchev–Trinajstić information content (AvgIpc) is 3.71. The Morgan fingerprint density at radius 2 is 1.83 bits per heavy atom. The van der Waals surface area contributed by atoms with Crippen LogP contribution in [0.15, 0.2) is 97.6 Å². The van der Waals surface area contributed by atoms with E-state index in [-0.39, 0.29) is 23.6 Å². The Morgan fingerprint density at radius 1 is 1.00 bits per heavy atom. The number of nitrogens with zero attached hydrogens (tertiary/aromatic N) is 6. The van der Waals surface area contributed by atoms with Gasteiger partial charge in [0.15, 0.2) is 5.65 Å². The van der Waals surface area contributed by atoms with Gasteiger partial charge in [-0.1, -0.05) is 30.3 Å². The second-order valence-corrected chi connectivity index (χ2v) is 11.0. The largest absolute Gasteiger partial charge is 0.341 e. The number of hydrogen-bond acceptors (Lipinski definition) is 4. The first-order valence-electron chi connectivity index (χ1n) is 13.8. The van der Waals surface area contributed by atoms with E-state index >= 15 is 0 Å². The van der Waals surface area contributed by atoms with Crippen LogP contribution in [0.5, 0.6) is 0 Å². The van der Waals surface area contributed by atoms with Crippen LogP contribution in [-0.4, -0.2) is 48.3 Å². The molecule has 1 aliphatic heterocycles. The number of aryl methyl sites for hydroxylation is 1. The third-order valence-electron chi connectivity index (χ3n) is 8.34. The van der Waals surface area contributed by atoms with Crippen LogP contribution in [0.1, 0.15) is 28.7 Å². The maximum Gasteiger partial charge on any atom is 0.227 e. The van der Waals surface area contributed by atoms with Crippen LogP contribution in [0, 0.1) is 12.7 Å². The molecule has 0 saturated carbocycles. The fraction of sp³-hybridized carbons (Fsp3) is 0.212. The molecule has 7 nitrogen and oxygen atoms in total. The summed E-state index contributed by atoms with van der Waals surface area (Å²) in [6, 6.07) is 23.1. The Kier molecular flexibility index (Phi) is 6.11. The van der Waals surface area contributed by atoms with Crippen LogP contribution >= 0.6 is 0 Å². The van der Waals surface area contributed by atoms with Crippen molar-refractivity contribution in [3.05, 3.63) is 126 Å². The molecule has 0 bridgehead atoms. The third kappa shape index (κ3) is 4.55. The first kappa shape index (κ1) is 25.1. The number of halogens is 1. The van der Waals surface area contributed by atoms with Crippen molar-refractivity contribution in [1.29, 1.82) is 0 Å². The Labute approximate surface area is 236 Å². The molecule has 8 heteroatoms. The van der Waals surface area contributed by atoms with Crippen LogP contribution in [-0.2, 0) is 23.1 Å². The molecule has 3 aromatic heterocycles. The molecule has 0 radical (unpaired) electrons. The number of hydrogen-bond donors (Lipinski definition) is 0. The van der Waals surface area contributed by atoms with Crippen molar-refractivity contribution >= 4 is 22.5 Å². The molecule has 204 valence electrons. The SMILES string of the molecule is Cc1cc2c(cnn2-c2ccc(F)cc2)cc1C1(Cc2ccccc2)CCN(C(=O)Cc2cnn3cccnc23)C1. The Hall–Kier alpha value is -4.85. The van der Waals surface area contributed by atoms with Gasteiger partial charge in [-0.3, -0.25) is 4.79 Å². The minimum absolute atomic E-state index is 0.0864. The lowest BCUT2D eigenvalue weighted by molar-refractivity contribution is -0.129. The van der Waals surface area contributed by atoms with Gasteiger partial charge in [0.2, 0.25) is 5.91 Å². The average molecular weight is 545 g/mol. The summed E-state index contributed by atoms with van der Waals surface area (Å²) < 4.78 is 17.1. The minimum atomic E-state index is -0.273. The van der Waals surface area contributed by atoms with Crippen LogP contribution < -0.4 is 0 Å². The molecule has 1 fully saturated rings. The van der Waals surface area contributed by atoms with Crippen LogP contribution in [0.2, 0.25) is 0 Å². The number of aromatic nitrogens is 5. The normalized spacial score (nSPS) is 17.1. The van der Waals surface area contributed by atoms with Crippen molar-refractivity contribution in [3.8, 4) is 5.69 Å². The monoisotopic (exact) mass is 544 g/mol. The molecule has 3 aromatic carbocycles. The van der Waals surface area contributed by atoms with E-state index in [1.54, 1.807) is 29.0 Å². The van der Waals surface area contributed by atoms with E-state index in [2.05, 4.69) is 58.5 Å². The van der Waals surface area contributed by atoms with E-state index in [1.807, 2.05) is 34.1 Å². The third-order valence-corrected chi connectivity index (χ3v) is 8.34. The van der Waals surface area contributed by atoms with Gasteiger partial charge in [-0.2, -0.15) is 10.2 Å². The van der Waals surface area contributed by atoms with Gasteiger partial charge in [0.25, 0.3) is 0 Å². The predicted molar refractivity (Wildman–Crippen MR) is 155 cm³/mol. The van der Waals surface area contributed by atoms with Gasteiger partial charge in [-0.05, 0) is 78.9 Å². The number of benzene rings is 3. The van der Waals surface area contributed by atoms with Crippen LogP contribution in [0.3, 0.4) is 0 Å². The highest BCUT2D eigenvalue weighted by atomic mass is 19.1. The van der Waals surface area contributed by atoms with Crippen LogP contribution in [0.4, 0.5) is 4.39 Å². The summed E-state index contributed by atoms with van der Waals surface area (Å²) >= 11 is 0. The summed E-state index contributed by atoms with van der Waals surface area (Å²) in [5, 5.41) is 10.0. The smallest absolute Gasteiger partial charge is 0.227 e. The van der Waals surface area contributed by atoms with E-state index in [0.717, 1.165) is 46.2 Å². The zero-order valence-corrected chi connectivity index (χ0v) is 22.7. The van der Waals surface area contributed by atoms with Crippen molar-refractivity contribution in [2.24, 2.45) is 0 Å². The zero-order valence-electron chi connectivity index (χ0n) is 22.7. The number of carbonyl (C=O) groups excluding carboxylic acids is 1. The van der Waals surface area contributed by atoms with Gasteiger partial charge in [0.1, 0.15) is 5.82 Å². The lowest BCUT2D eigenvalue weighted by Gasteiger charge is -2.32. The van der Waals surface area contributed by atoms with Crippen LogP contribution in [0.25, 0.3) is 22.2 Å². The maximum absolute atomic E-state index is 13.6. The first-order chi connectivity index (χ1) is 20.0. The number of rotatable bonds is 6. The molecule has 6 aromatic rings. The Morgan fingerprint density at radius 3 is 2.66 bits per heavy atom. The summed E-state index contributed by atoms with van der Waals surface area (Å²) in [6.07, 6.45) is 9.13. The van der Waals surface area contributed by atoms with Gasteiger partial charge in [-0.15, -0.1) is 0 Å². The van der Waals surface area contributed by atoms with Gasteiger partial charge < -0.3 is 4.90 Å². The van der Waals surface area contributed by atoms with Gasteiger partial charge in [0, 0.05) is 41.8 Å². The molecule has 4 heterocycles. The lowest BCUT2D eigenvalue weighted by Crippen LogP contribution is -2.37. The van der Waals surface area contributed by atoms with Gasteiger partial charge in [0.05, 0.1) is 30.0 Å². The van der Waals surface area contributed by atoms with Crippen molar-refractivity contribution in [1.82, 2.24) is 29.3 Å². The molecule has 1 aliphatic rings. The fourth-order valence-electron chi connectivity index (χ4n) is 6.34. The fourth-order valence-corrected chi connectivity index (χ4v) is 6.34. The predicted octanol–water partition coefficient (Wildman–Crippen LogP) is 5.47. The summed E-state index contributed by atoms with van der Waals surface area (Å²) in [4.78, 5) is 20.1. The van der Waals surface area contributed by atoms with E-state index in [9.17, 15) is 9.18 Å². The number of likely N-dealkylation sites (tertiary alicyclic amines) is 1. The zero-order chi connectivity index (χ0) is 28.0. The molecular formula is C33H29FN6O. The van der Waals surface area contributed by atoms with E-state index in [0.29, 0.717) is 13.1 Å². The molecular weight excluding hydrogens is 515 g/mol. The van der Waals surface area contributed by atoms with Crippen molar-refractivity contribution in [2.75, 3.05) is 13.1 Å². The first-order valence-corrected chi connectivity index (χ1v) is 13.8. The summed E-state index contributed by atoms with van der Waals surface area (Å²) in [7, 11) is 0. The van der Waals surface area contributed by atoms with E-state index in [4.69, 9.17) is 0 Å². The van der Waals surface area contributed by atoms with Crippen molar-refractivity contribution < 1.29 is 9.18 Å². The van der Waals surface area contributed by atoms with E-state index in [1.165, 1.54) is 23.3 Å². The highest BCUT2D eigenvalue weighted by Gasteiger charge is 2.42. The summed E-state index contributed by atoms with van der Waals surface area (Å²) in [6.45, 7) is 3.45. The van der Waals surface area contributed by atoms with E-state index < -0.39 is 0 Å². The number of fused-ring (bicyclic) bond motifs is 2. The standard InChI is InChI=1S/C33H29FN6O/c1-23-16-30-25(20-37-40(30)28-10-8-27(34)9-11-28)17-29(23)33(19-24-6-3-2-4-7-24)12-15-38(22-33)31(41)18-26-21-36-39-14-5-13-35-32(26)39/h2-11,13-14,16-17,20-21H,12,15,18-19,22H2,1H3. The maximum atomic E-state index is 13.6. The van der Waals surface area contributed by atoms with Crippen molar-refractivity contribution in [2.45, 2.75) is 31.6 Å². The highest BCUT2D eigenvalue weighted by molar-refractivity contribution is 5.83. The molecule has 0 N–H and O–H groups in total. The van der Waals surface area contributed by atoms with Gasteiger partial charge >= 0.3 is 0 Å². The molecule has 1 atom stereocenters. The van der Waals surface area contributed by atoms with Crippen molar-refractivity contribution in [3.63, 3.8) is 0 Å². The second-order valence-electron chi connectivity index (χ2n) is 11.0. The topological polar surface area (TPSA) is 68.3 Å². The molecule has 0 aliphatic carbocycles. The lowest BCUT2D eigenvalue weighted by atomic mass is 9.73. The Balaban J connectivity index is 1.24. The quantitative estimate of drug-likeness (QED) is 0.279. The number of amides is 1. The molecule has 1 amide bonds. The molecule has 1 saturated heterocycles. The minimum Gasteiger partial charge on any atom is -0.341 e. The molecule has 7 rings (SSSR count). The molecule has 0 spiro atoms. The Bertz CT molecular complexity index is 1880. The summed E-state index contributed by atoms with van der Waals surface area (Å²) in [5.41, 5.74) is 6.73. The molecule has 41 heavy (non-hydrogen) atoms. The number of carbonyl (C=O) groups is 1. The molecule has 1 unspecified atom stereocenters. The summed E-state index contributed by atoms with van der Waals surface area (Å²) in [5.74, 6) is -0.187. The van der Waals surface area contributed by atoms with Gasteiger partial charge in [-0.25, -0.2) is 18.6 Å². The second kappa shape index (κ2) is 9.96.